The molecule has 0 aliphatic heterocycles. The van der Waals surface area contributed by atoms with Gasteiger partial charge in [0.05, 0.1) is 0 Å². The van der Waals surface area contributed by atoms with Crippen LogP contribution in [0.1, 0.15) is 49.7 Å². The molecule has 1 aromatic carbocycles. The zero-order chi connectivity index (χ0) is 10.7. The fourth-order valence-electron chi connectivity index (χ4n) is 2.64. The van der Waals surface area contributed by atoms with Crippen LogP contribution in [0.4, 0.5) is 0 Å². The first-order valence-electron chi connectivity index (χ1n) is 6.03. The first-order valence-corrected chi connectivity index (χ1v) is 6.46. The summed E-state index contributed by atoms with van der Waals surface area (Å²) in [5.74, 6) is 0.718. The van der Waals surface area contributed by atoms with Crippen molar-refractivity contribution in [3.63, 3.8) is 0 Å². The minimum Gasteiger partial charge on any atom is -0.123 e. The lowest BCUT2D eigenvalue weighted by molar-refractivity contribution is 0.709. The number of rotatable bonds is 3. The van der Waals surface area contributed by atoms with Gasteiger partial charge in [0.1, 0.15) is 0 Å². The number of hydrogen-bond acceptors (Lipinski definition) is 0. The molecule has 2 rings (SSSR count). The summed E-state index contributed by atoms with van der Waals surface area (Å²) in [4.78, 5) is 0. The molecular formula is C14H19Cl. The Morgan fingerprint density at radius 1 is 1.27 bits per heavy atom. The van der Waals surface area contributed by atoms with E-state index in [1.54, 1.807) is 5.56 Å². The first-order chi connectivity index (χ1) is 7.31. The van der Waals surface area contributed by atoms with Crippen LogP contribution in [0.2, 0.25) is 0 Å². The van der Waals surface area contributed by atoms with Crippen molar-refractivity contribution in [1.82, 2.24) is 0 Å². The summed E-state index contributed by atoms with van der Waals surface area (Å²) in [7, 11) is 0. The molecule has 15 heavy (non-hydrogen) atoms. The number of halogens is 1. The van der Waals surface area contributed by atoms with Crippen molar-refractivity contribution in [1.29, 1.82) is 0 Å². The Morgan fingerprint density at radius 2 is 2.07 bits per heavy atom. The smallest absolute Gasteiger partial charge is 0.0342 e. The summed E-state index contributed by atoms with van der Waals surface area (Å²) < 4.78 is 0. The van der Waals surface area contributed by atoms with Crippen LogP contribution in [0.25, 0.3) is 0 Å². The summed E-state index contributed by atoms with van der Waals surface area (Å²) in [5, 5.41) is 0.407. The molecule has 0 nitrogen and oxygen atoms in total. The molecule has 1 aromatic rings. The monoisotopic (exact) mass is 222 g/mol. The van der Waals surface area contributed by atoms with E-state index in [2.05, 4.69) is 31.2 Å². The van der Waals surface area contributed by atoms with Gasteiger partial charge >= 0.3 is 0 Å². The van der Waals surface area contributed by atoms with E-state index in [1.165, 1.54) is 37.7 Å². The highest BCUT2D eigenvalue weighted by molar-refractivity contribution is 6.20. The maximum absolute atomic E-state index is 6.19. The molecule has 2 atom stereocenters. The molecule has 1 saturated carbocycles. The number of alkyl halides is 1. The molecule has 1 aliphatic carbocycles. The topological polar surface area (TPSA) is 0 Å². The lowest BCUT2D eigenvalue weighted by atomic mass is 9.91. The molecule has 0 N–H and O–H groups in total. The van der Waals surface area contributed by atoms with Crippen LogP contribution in [0.3, 0.4) is 0 Å². The van der Waals surface area contributed by atoms with Gasteiger partial charge in [0.2, 0.25) is 0 Å². The average molecular weight is 223 g/mol. The van der Waals surface area contributed by atoms with Crippen LogP contribution in [-0.4, -0.2) is 5.38 Å². The van der Waals surface area contributed by atoms with Crippen LogP contribution < -0.4 is 0 Å². The van der Waals surface area contributed by atoms with Gasteiger partial charge in [0.25, 0.3) is 0 Å². The molecule has 0 radical (unpaired) electrons. The van der Waals surface area contributed by atoms with E-state index < -0.39 is 0 Å². The van der Waals surface area contributed by atoms with Gasteiger partial charge in [0, 0.05) is 5.38 Å². The molecule has 0 bridgehead atoms. The predicted molar refractivity (Wildman–Crippen MR) is 66.7 cm³/mol. The Balaban J connectivity index is 2.19. The number of hydrogen-bond donors (Lipinski definition) is 0. The molecule has 2 unspecified atom stereocenters. The highest BCUT2D eigenvalue weighted by Crippen LogP contribution is 2.38. The van der Waals surface area contributed by atoms with Crippen molar-refractivity contribution in [2.45, 2.75) is 50.3 Å². The van der Waals surface area contributed by atoms with Crippen molar-refractivity contribution >= 4 is 11.6 Å². The fraction of sp³-hybridized carbons (Fsp3) is 0.571. The van der Waals surface area contributed by atoms with Gasteiger partial charge in [-0.05, 0) is 42.7 Å². The van der Waals surface area contributed by atoms with E-state index in [0.29, 0.717) is 5.38 Å². The molecule has 82 valence electrons. The molecule has 0 amide bonds. The van der Waals surface area contributed by atoms with Crippen molar-refractivity contribution in [3.8, 4) is 0 Å². The molecule has 0 spiro atoms. The van der Waals surface area contributed by atoms with E-state index in [9.17, 15) is 0 Å². The summed E-state index contributed by atoms with van der Waals surface area (Å²) in [6, 6.07) is 8.89. The van der Waals surface area contributed by atoms with Crippen molar-refractivity contribution in [2.75, 3.05) is 0 Å². The SMILES string of the molecule is CCCc1ccccc1C1CCC(Cl)C1. The Kier molecular flexibility index (Phi) is 3.69. The molecule has 0 heterocycles. The Labute approximate surface area is 97.6 Å². The van der Waals surface area contributed by atoms with E-state index in [4.69, 9.17) is 11.6 Å². The summed E-state index contributed by atoms with van der Waals surface area (Å²) in [6.45, 7) is 2.25. The fourth-order valence-corrected chi connectivity index (χ4v) is 2.98. The van der Waals surface area contributed by atoms with Gasteiger partial charge in [-0.25, -0.2) is 0 Å². The van der Waals surface area contributed by atoms with Crippen LogP contribution in [-0.2, 0) is 6.42 Å². The highest BCUT2D eigenvalue weighted by atomic mass is 35.5. The van der Waals surface area contributed by atoms with Gasteiger partial charge in [-0.15, -0.1) is 11.6 Å². The summed E-state index contributed by atoms with van der Waals surface area (Å²) in [6.07, 6.45) is 6.07. The summed E-state index contributed by atoms with van der Waals surface area (Å²) >= 11 is 6.19. The minimum atomic E-state index is 0.407. The zero-order valence-corrected chi connectivity index (χ0v) is 10.1. The van der Waals surface area contributed by atoms with Crippen molar-refractivity contribution < 1.29 is 0 Å². The lowest BCUT2D eigenvalue weighted by Crippen LogP contribution is -1.99. The molecular weight excluding hydrogens is 204 g/mol. The Hall–Kier alpha value is -0.490. The maximum Gasteiger partial charge on any atom is 0.0342 e. The molecule has 0 aromatic heterocycles. The van der Waals surface area contributed by atoms with Gasteiger partial charge in [-0.3, -0.25) is 0 Å². The third-order valence-electron chi connectivity index (χ3n) is 3.38. The zero-order valence-electron chi connectivity index (χ0n) is 9.38. The Bertz CT molecular complexity index is 319. The second-order valence-electron chi connectivity index (χ2n) is 4.56. The van der Waals surface area contributed by atoms with Gasteiger partial charge < -0.3 is 0 Å². The number of benzene rings is 1. The quantitative estimate of drug-likeness (QED) is 0.660. The normalized spacial score (nSPS) is 25.7. The van der Waals surface area contributed by atoms with Gasteiger partial charge in [-0.2, -0.15) is 0 Å². The van der Waals surface area contributed by atoms with Crippen molar-refractivity contribution in [3.05, 3.63) is 35.4 Å². The molecule has 1 heteroatoms. The van der Waals surface area contributed by atoms with Gasteiger partial charge in [0.15, 0.2) is 0 Å². The lowest BCUT2D eigenvalue weighted by Gasteiger charge is -2.14. The van der Waals surface area contributed by atoms with Crippen LogP contribution >= 0.6 is 11.6 Å². The molecule has 1 fully saturated rings. The van der Waals surface area contributed by atoms with E-state index in [-0.39, 0.29) is 0 Å². The van der Waals surface area contributed by atoms with E-state index in [0.717, 1.165) is 5.92 Å². The molecule has 0 saturated heterocycles. The van der Waals surface area contributed by atoms with Gasteiger partial charge in [-0.1, -0.05) is 37.6 Å². The largest absolute Gasteiger partial charge is 0.123 e. The molecule has 1 aliphatic rings. The van der Waals surface area contributed by atoms with E-state index >= 15 is 0 Å². The third-order valence-corrected chi connectivity index (χ3v) is 3.78. The van der Waals surface area contributed by atoms with Crippen LogP contribution in [0, 0.1) is 0 Å². The second-order valence-corrected chi connectivity index (χ2v) is 5.17. The summed E-state index contributed by atoms with van der Waals surface area (Å²) in [5.41, 5.74) is 3.10. The third kappa shape index (κ3) is 2.55. The van der Waals surface area contributed by atoms with Crippen LogP contribution in [0.15, 0.2) is 24.3 Å². The predicted octanol–water partition coefficient (Wildman–Crippen LogP) is 4.51. The first kappa shape index (κ1) is 11.0. The average Bonchev–Trinajstić information content (AvgIpc) is 2.66. The second kappa shape index (κ2) is 5.03. The maximum atomic E-state index is 6.19. The Morgan fingerprint density at radius 3 is 2.73 bits per heavy atom. The van der Waals surface area contributed by atoms with Crippen LogP contribution in [0.5, 0.6) is 0 Å². The van der Waals surface area contributed by atoms with E-state index in [1.807, 2.05) is 0 Å². The standard InChI is InChI=1S/C14H19Cl/c1-2-5-11-6-3-4-7-14(11)12-8-9-13(15)10-12/h3-4,6-7,12-13H,2,5,8-10H2,1H3. The number of aryl methyl sites for hydroxylation is 1. The highest BCUT2D eigenvalue weighted by Gasteiger charge is 2.25. The minimum absolute atomic E-state index is 0.407. The van der Waals surface area contributed by atoms with Crippen molar-refractivity contribution in [2.24, 2.45) is 0 Å².